The second kappa shape index (κ2) is 6.68. The fourth-order valence-electron chi connectivity index (χ4n) is 1.79. The monoisotopic (exact) mass is 324 g/mol. The Kier molecular flexibility index (Phi) is 4.92. The second-order valence-corrected chi connectivity index (χ2v) is 6.87. The van der Waals surface area contributed by atoms with Crippen LogP contribution in [0.15, 0.2) is 41.7 Å². The highest BCUT2D eigenvalue weighted by Gasteiger charge is 2.13. The Morgan fingerprint density at radius 3 is 2.81 bits per heavy atom. The van der Waals surface area contributed by atoms with Crippen molar-refractivity contribution in [1.29, 1.82) is 0 Å². The Balaban J connectivity index is 1.94. The van der Waals surface area contributed by atoms with Gasteiger partial charge in [-0.1, -0.05) is 12.1 Å². The van der Waals surface area contributed by atoms with Gasteiger partial charge in [-0.3, -0.25) is 0 Å². The Hall–Kier alpha value is -1.93. The van der Waals surface area contributed by atoms with Crippen molar-refractivity contribution < 1.29 is 8.42 Å². The van der Waals surface area contributed by atoms with Crippen LogP contribution in [0.2, 0.25) is 0 Å². The molecule has 112 valence electrons. The van der Waals surface area contributed by atoms with Crippen LogP contribution in [0.3, 0.4) is 0 Å². The average molecular weight is 324 g/mol. The summed E-state index contributed by atoms with van der Waals surface area (Å²) in [4.78, 5) is 7.15. The van der Waals surface area contributed by atoms with E-state index in [0.29, 0.717) is 17.3 Å². The van der Waals surface area contributed by atoms with Gasteiger partial charge in [0.1, 0.15) is 0 Å². The number of sulfone groups is 1. The first-order valence-corrected chi connectivity index (χ1v) is 8.58. The van der Waals surface area contributed by atoms with Crippen LogP contribution in [-0.2, 0) is 16.3 Å². The molecular weight excluding hydrogens is 308 g/mol. The van der Waals surface area contributed by atoms with Gasteiger partial charge in [0, 0.05) is 31.1 Å². The van der Waals surface area contributed by atoms with Crippen molar-refractivity contribution >= 4 is 32.9 Å². The molecule has 0 fully saturated rings. The number of rotatable bonds is 5. The van der Waals surface area contributed by atoms with Gasteiger partial charge in [0.2, 0.25) is 0 Å². The zero-order chi connectivity index (χ0) is 15.3. The molecular formula is C13H16N4O2S2. The van der Waals surface area contributed by atoms with Crippen molar-refractivity contribution in [2.24, 2.45) is 0 Å². The average Bonchev–Trinajstić information content (AvgIpc) is 2.91. The SMILES string of the molecule is CS(=O)(=O)c1ccccc1NC(=S)NCCc1cnc[nH]1. The number of aromatic nitrogens is 2. The van der Waals surface area contributed by atoms with Gasteiger partial charge >= 0.3 is 0 Å². The number of hydrogen-bond donors (Lipinski definition) is 3. The van der Waals surface area contributed by atoms with Crippen LogP contribution >= 0.6 is 12.2 Å². The fraction of sp³-hybridized carbons (Fsp3) is 0.231. The summed E-state index contributed by atoms with van der Waals surface area (Å²) in [7, 11) is -3.30. The summed E-state index contributed by atoms with van der Waals surface area (Å²) in [6.07, 6.45) is 5.28. The molecule has 0 amide bonds. The van der Waals surface area contributed by atoms with Gasteiger partial charge < -0.3 is 15.6 Å². The summed E-state index contributed by atoms with van der Waals surface area (Å²) in [5.41, 5.74) is 1.47. The molecule has 0 aliphatic rings. The zero-order valence-corrected chi connectivity index (χ0v) is 13.1. The van der Waals surface area contributed by atoms with Gasteiger partial charge in [-0.15, -0.1) is 0 Å². The molecule has 6 nitrogen and oxygen atoms in total. The Labute approximate surface area is 128 Å². The Bertz CT molecular complexity index is 712. The molecule has 2 aromatic rings. The van der Waals surface area contributed by atoms with Gasteiger partial charge in [0.05, 0.1) is 16.9 Å². The largest absolute Gasteiger partial charge is 0.362 e. The van der Waals surface area contributed by atoms with Crippen molar-refractivity contribution in [1.82, 2.24) is 15.3 Å². The third-order valence-electron chi connectivity index (χ3n) is 2.77. The van der Waals surface area contributed by atoms with Crippen molar-refractivity contribution in [3.8, 4) is 0 Å². The molecule has 0 unspecified atom stereocenters. The summed E-state index contributed by atoms with van der Waals surface area (Å²) in [5.74, 6) is 0. The van der Waals surface area contributed by atoms with E-state index in [1.807, 2.05) is 0 Å². The smallest absolute Gasteiger partial charge is 0.177 e. The lowest BCUT2D eigenvalue weighted by molar-refractivity contribution is 0.602. The molecule has 0 atom stereocenters. The van der Waals surface area contributed by atoms with E-state index < -0.39 is 9.84 Å². The Morgan fingerprint density at radius 2 is 2.14 bits per heavy atom. The number of aromatic amines is 1. The molecule has 0 spiro atoms. The lowest BCUT2D eigenvalue weighted by Crippen LogP contribution is -2.30. The van der Waals surface area contributed by atoms with Crippen molar-refractivity contribution in [3.63, 3.8) is 0 Å². The van der Waals surface area contributed by atoms with Crippen LogP contribution in [0.1, 0.15) is 5.69 Å². The van der Waals surface area contributed by atoms with Gasteiger partial charge in [-0.2, -0.15) is 0 Å². The predicted molar refractivity (Wildman–Crippen MR) is 86.1 cm³/mol. The number of H-pyrrole nitrogens is 1. The van der Waals surface area contributed by atoms with Gasteiger partial charge in [-0.25, -0.2) is 13.4 Å². The van der Waals surface area contributed by atoms with E-state index in [1.54, 1.807) is 36.8 Å². The zero-order valence-electron chi connectivity index (χ0n) is 11.5. The van der Waals surface area contributed by atoms with Crippen molar-refractivity contribution in [2.75, 3.05) is 18.1 Å². The number of anilines is 1. The summed E-state index contributed by atoms with van der Waals surface area (Å²) in [5, 5.41) is 6.32. The number of imidazole rings is 1. The Morgan fingerprint density at radius 1 is 1.38 bits per heavy atom. The normalized spacial score (nSPS) is 11.1. The van der Waals surface area contributed by atoms with Crippen LogP contribution in [0.5, 0.6) is 0 Å². The number of nitrogens with one attached hydrogen (secondary N) is 3. The van der Waals surface area contributed by atoms with Crippen LogP contribution in [-0.4, -0.2) is 36.3 Å². The molecule has 0 saturated carbocycles. The van der Waals surface area contributed by atoms with Crippen molar-refractivity contribution in [3.05, 3.63) is 42.5 Å². The molecule has 0 aliphatic carbocycles. The molecule has 1 heterocycles. The van der Waals surface area contributed by atoms with Crippen LogP contribution < -0.4 is 10.6 Å². The minimum atomic E-state index is -3.30. The van der Waals surface area contributed by atoms with E-state index in [1.165, 1.54) is 6.26 Å². The molecule has 2 rings (SSSR count). The maximum Gasteiger partial charge on any atom is 0.177 e. The molecule has 21 heavy (non-hydrogen) atoms. The minimum absolute atomic E-state index is 0.225. The molecule has 1 aromatic heterocycles. The summed E-state index contributed by atoms with van der Waals surface area (Å²) < 4.78 is 23.4. The summed E-state index contributed by atoms with van der Waals surface area (Å²) in [6.45, 7) is 0.620. The standard InChI is InChI=1S/C13H16N4O2S2/c1-21(18,19)12-5-3-2-4-11(12)17-13(20)15-7-6-10-8-14-9-16-10/h2-5,8-9H,6-7H2,1H3,(H,14,16)(H2,15,17,20). The van der Waals surface area contributed by atoms with Crippen LogP contribution in [0, 0.1) is 0 Å². The highest BCUT2D eigenvalue weighted by atomic mass is 32.2. The number of hydrogen-bond acceptors (Lipinski definition) is 4. The van der Waals surface area contributed by atoms with E-state index in [4.69, 9.17) is 12.2 Å². The molecule has 0 aliphatic heterocycles. The summed E-state index contributed by atoms with van der Waals surface area (Å²) in [6, 6.07) is 6.66. The number of nitrogens with zero attached hydrogens (tertiary/aromatic N) is 1. The molecule has 0 radical (unpaired) electrons. The lowest BCUT2D eigenvalue weighted by Gasteiger charge is -2.12. The highest BCUT2D eigenvalue weighted by molar-refractivity contribution is 7.90. The third-order valence-corrected chi connectivity index (χ3v) is 4.17. The lowest BCUT2D eigenvalue weighted by atomic mass is 10.3. The fourth-order valence-corrected chi connectivity index (χ4v) is 2.85. The van der Waals surface area contributed by atoms with Gasteiger partial charge in [0.25, 0.3) is 0 Å². The maximum atomic E-state index is 11.7. The molecule has 8 heteroatoms. The number of thiocarbonyl (C=S) groups is 1. The number of para-hydroxylation sites is 1. The van der Waals surface area contributed by atoms with Gasteiger partial charge in [0.15, 0.2) is 14.9 Å². The number of benzene rings is 1. The second-order valence-electron chi connectivity index (χ2n) is 4.48. The van der Waals surface area contributed by atoms with Crippen LogP contribution in [0.25, 0.3) is 0 Å². The van der Waals surface area contributed by atoms with E-state index in [0.717, 1.165) is 12.1 Å². The highest BCUT2D eigenvalue weighted by Crippen LogP contribution is 2.20. The van der Waals surface area contributed by atoms with E-state index >= 15 is 0 Å². The molecule has 1 aromatic carbocycles. The van der Waals surface area contributed by atoms with Crippen LogP contribution in [0.4, 0.5) is 5.69 Å². The van der Waals surface area contributed by atoms with Crippen molar-refractivity contribution in [2.45, 2.75) is 11.3 Å². The quantitative estimate of drug-likeness (QED) is 0.720. The molecule has 0 saturated heterocycles. The first-order chi connectivity index (χ1) is 9.97. The maximum absolute atomic E-state index is 11.7. The van der Waals surface area contributed by atoms with E-state index in [9.17, 15) is 8.42 Å². The van der Waals surface area contributed by atoms with E-state index in [-0.39, 0.29) is 4.90 Å². The first-order valence-electron chi connectivity index (χ1n) is 6.28. The van der Waals surface area contributed by atoms with E-state index in [2.05, 4.69) is 20.6 Å². The first kappa shape index (κ1) is 15.5. The molecule has 3 N–H and O–H groups in total. The third kappa shape index (κ3) is 4.54. The summed E-state index contributed by atoms with van der Waals surface area (Å²) >= 11 is 5.17. The predicted octanol–water partition coefficient (Wildman–Crippen LogP) is 1.34. The minimum Gasteiger partial charge on any atom is -0.362 e. The molecule has 0 bridgehead atoms. The topological polar surface area (TPSA) is 86.9 Å². The van der Waals surface area contributed by atoms with Gasteiger partial charge in [-0.05, 0) is 24.4 Å².